The molecule has 5 nitrogen and oxygen atoms in total. The number of anilines is 1. The largest absolute Gasteiger partial charge is 0.390 e. The summed E-state index contributed by atoms with van der Waals surface area (Å²) < 4.78 is 0. The van der Waals surface area contributed by atoms with Crippen molar-refractivity contribution in [3.8, 4) is 0 Å². The molecule has 108 valence electrons. The van der Waals surface area contributed by atoms with E-state index in [2.05, 4.69) is 5.32 Å². The Hall–Kier alpha value is -1.72. The van der Waals surface area contributed by atoms with Gasteiger partial charge in [0.05, 0.1) is 17.6 Å². The van der Waals surface area contributed by atoms with Crippen LogP contribution in [0.15, 0.2) is 18.2 Å². The van der Waals surface area contributed by atoms with Crippen molar-refractivity contribution in [2.45, 2.75) is 39.3 Å². The molecule has 20 heavy (non-hydrogen) atoms. The van der Waals surface area contributed by atoms with Crippen LogP contribution in [0, 0.1) is 5.41 Å². The maximum atomic E-state index is 12.4. The summed E-state index contributed by atoms with van der Waals surface area (Å²) >= 11 is 0. The van der Waals surface area contributed by atoms with Gasteiger partial charge in [0.1, 0.15) is 0 Å². The first-order valence-corrected chi connectivity index (χ1v) is 6.71. The number of rotatable bonds is 2. The molecule has 0 saturated carbocycles. The second kappa shape index (κ2) is 5.00. The van der Waals surface area contributed by atoms with Crippen molar-refractivity contribution in [3.05, 3.63) is 29.3 Å². The van der Waals surface area contributed by atoms with E-state index in [4.69, 9.17) is 5.73 Å². The predicted molar refractivity (Wildman–Crippen MR) is 76.4 cm³/mol. The highest BCUT2D eigenvalue weighted by atomic mass is 16.3. The molecule has 0 bridgehead atoms. The number of nitrogens with two attached hydrogens (primary N) is 1. The number of hydrogen-bond donors (Lipinski definition) is 3. The summed E-state index contributed by atoms with van der Waals surface area (Å²) in [6.45, 7) is 5.14. The van der Waals surface area contributed by atoms with Crippen LogP contribution < -0.4 is 11.1 Å². The third-order valence-electron chi connectivity index (χ3n) is 3.92. The summed E-state index contributed by atoms with van der Waals surface area (Å²) in [5, 5.41) is 12.9. The van der Waals surface area contributed by atoms with Crippen molar-refractivity contribution < 1.29 is 14.7 Å². The fraction of sp³-hybridized carbons (Fsp3) is 0.467. The number of fused-ring (bicyclic) bond motifs is 1. The number of carbonyl (C=O) groups excluding carboxylic acids is 2. The van der Waals surface area contributed by atoms with Gasteiger partial charge in [0.25, 0.3) is 0 Å². The van der Waals surface area contributed by atoms with Crippen LogP contribution in [-0.2, 0) is 4.79 Å². The first kappa shape index (κ1) is 14.7. The molecule has 0 saturated heterocycles. The molecule has 1 aromatic rings. The number of aliphatic hydroxyl groups excluding tert-OH is 1. The fourth-order valence-corrected chi connectivity index (χ4v) is 2.47. The molecular formula is C15H20N2O3. The molecule has 0 heterocycles. The third-order valence-corrected chi connectivity index (χ3v) is 3.92. The summed E-state index contributed by atoms with van der Waals surface area (Å²) in [5.41, 5.74) is 6.83. The minimum atomic E-state index is -0.945. The third kappa shape index (κ3) is 2.23. The van der Waals surface area contributed by atoms with Crippen molar-refractivity contribution in [2.75, 3.05) is 5.32 Å². The zero-order valence-electron chi connectivity index (χ0n) is 11.9. The van der Waals surface area contributed by atoms with Gasteiger partial charge in [0.15, 0.2) is 5.78 Å². The van der Waals surface area contributed by atoms with Crippen LogP contribution in [0.1, 0.15) is 49.2 Å². The lowest BCUT2D eigenvalue weighted by Gasteiger charge is -2.39. The van der Waals surface area contributed by atoms with E-state index in [1.165, 1.54) is 0 Å². The monoisotopic (exact) mass is 276 g/mol. The number of carbonyl (C=O) groups is 2. The average Bonchev–Trinajstić information content (AvgIpc) is 2.43. The number of Topliss-reactive ketones (excluding diaryl/α,β-unsaturated/α-hetero) is 1. The standard InChI is InChI=1S/C15H20N2O3/c1-4-11(18)17-8-5-6-9-10(7-8)12(16)14(20)15(2,3)13(9)19/h5-7,12,14,20H,4,16H2,1-3H3,(H,17,18). The molecule has 2 rings (SSSR count). The first-order chi connectivity index (χ1) is 9.28. The Morgan fingerprint density at radius 3 is 2.70 bits per heavy atom. The van der Waals surface area contributed by atoms with Crippen LogP contribution in [-0.4, -0.2) is 22.9 Å². The Morgan fingerprint density at radius 2 is 2.10 bits per heavy atom. The van der Waals surface area contributed by atoms with Gasteiger partial charge >= 0.3 is 0 Å². The Balaban J connectivity index is 2.45. The zero-order valence-corrected chi connectivity index (χ0v) is 11.9. The smallest absolute Gasteiger partial charge is 0.224 e. The number of amides is 1. The van der Waals surface area contributed by atoms with Crippen LogP contribution in [0.2, 0.25) is 0 Å². The Morgan fingerprint density at radius 1 is 1.45 bits per heavy atom. The minimum Gasteiger partial charge on any atom is -0.390 e. The lowest BCUT2D eigenvalue weighted by atomic mass is 9.69. The van der Waals surface area contributed by atoms with E-state index in [1.807, 2.05) is 0 Å². The van der Waals surface area contributed by atoms with E-state index in [0.717, 1.165) is 0 Å². The lowest BCUT2D eigenvalue weighted by molar-refractivity contribution is -0.115. The summed E-state index contributed by atoms with van der Waals surface area (Å²) in [4.78, 5) is 23.8. The number of ketones is 1. The van der Waals surface area contributed by atoms with Crippen LogP contribution in [0.4, 0.5) is 5.69 Å². The Kier molecular flexibility index (Phi) is 3.67. The van der Waals surface area contributed by atoms with Gasteiger partial charge in [-0.25, -0.2) is 0 Å². The molecule has 0 aromatic heterocycles. The second-order valence-electron chi connectivity index (χ2n) is 5.73. The van der Waals surface area contributed by atoms with Crippen LogP contribution >= 0.6 is 0 Å². The molecule has 5 heteroatoms. The van der Waals surface area contributed by atoms with E-state index in [9.17, 15) is 14.7 Å². The highest BCUT2D eigenvalue weighted by Crippen LogP contribution is 2.40. The van der Waals surface area contributed by atoms with Crippen LogP contribution in [0.3, 0.4) is 0 Å². The highest BCUT2D eigenvalue weighted by molar-refractivity contribution is 6.04. The lowest BCUT2D eigenvalue weighted by Crippen LogP contribution is -2.48. The Labute approximate surface area is 118 Å². The SMILES string of the molecule is CCC(=O)Nc1ccc2c(c1)C(N)C(O)C(C)(C)C2=O. The summed E-state index contributed by atoms with van der Waals surface area (Å²) in [5.74, 6) is -0.239. The van der Waals surface area contributed by atoms with Gasteiger partial charge in [-0.05, 0) is 37.6 Å². The molecule has 2 atom stereocenters. The van der Waals surface area contributed by atoms with E-state index < -0.39 is 17.6 Å². The highest BCUT2D eigenvalue weighted by Gasteiger charge is 2.45. The van der Waals surface area contributed by atoms with E-state index in [-0.39, 0.29) is 11.7 Å². The molecule has 0 spiro atoms. The van der Waals surface area contributed by atoms with Gasteiger partial charge < -0.3 is 16.2 Å². The minimum absolute atomic E-state index is 0.110. The van der Waals surface area contributed by atoms with Gasteiger partial charge in [0.2, 0.25) is 5.91 Å². The molecule has 2 unspecified atom stereocenters. The first-order valence-electron chi connectivity index (χ1n) is 6.71. The summed E-state index contributed by atoms with van der Waals surface area (Å²) in [6.07, 6.45) is -0.572. The van der Waals surface area contributed by atoms with E-state index in [0.29, 0.717) is 23.2 Å². The second-order valence-corrected chi connectivity index (χ2v) is 5.73. The number of benzene rings is 1. The molecule has 1 aliphatic carbocycles. The maximum Gasteiger partial charge on any atom is 0.224 e. The average molecular weight is 276 g/mol. The van der Waals surface area contributed by atoms with Gasteiger partial charge in [-0.1, -0.05) is 6.92 Å². The summed E-state index contributed by atoms with van der Waals surface area (Å²) in [7, 11) is 0. The van der Waals surface area contributed by atoms with Gasteiger partial charge in [-0.3, -0.25) is 9.59 Å². The molecule has 0 aliphatic heterocycles. The fourth-order valence-electron chi connectivity index (χ4n) is 2.47. The summed E-state index contributed by atoms with van der Waals surface area (Å²) in [6, 6.07) is 4.38. The maximum absolute atomic E-state index is 12.4. The number of nitrogens with one attached hydrogen (secondary N) is 1. The quantitative estimate of drug-likeness (QED) is 0.765. The predicted octanol–water partition coefficient (Wildman–Crippen LogP) is 1.62. The molecule has 1 aliphatic rings. The number of aliphatic hydroxyl groups is 1. The topological polar surface area (TPSA) is 92.4 Å². The van der Waals surface area contributed by atoms with Crippen LogP contribution in [0.5, 0.6) is 0 Å². The molecule has 4 N–H and O–H groups in total. The van der Waals surface area contributed by atoms with Gasteiger partial charge in [0, 0.05) is 17.7 Å². The Bertz CT molecular complexity index is 566. The van der Waals surface area contributed by atoms with Crippen molar-refractivity contribution in [1.29, 1.82) is 0 Å². The molecular weight excluding hydrogens is 256 g/mol. The van der Waals surface area contributed by atoms with Crippen molar-refractivity contribution in [1.82, 2.24) is 0 Å². The zero-order chi connectivity index (χ0) is 15.1. The molecule has 0 fully saturated rings. The van der Waals surface area contributed by atoms with Crippen LogP contribution in [0.25, 0.3) is 0 Å². The van der Waals surface area contributed by atoms with Gasteiger partial charge in [-0.2, -0.15) is 0 Å². The van der Waals surface area contributed by atoms with E-state index >= 15 is 0 Å². The van der Waals surface area contributed by atoms with Crippen molar-refractivity contribution in [3.63, 3.8) is 0 Å². The molecule has 1 amide bonds. The van der Waals surface area contributed by atoms with Crippen molar-refractivity contribution >= 4 is 17.4 Å². The number of hydrogen-bond acceptors (Lipinski definition) is 4. The normalized spacial score (nSPS) is 24.1. The van der Waals surface area contributed by atoms with Crippen molar-refractivity contribution in [2.24, 2.45) is 11.1 Å². The van der Waals surface area contributed by atoms with Gasteiger partial charge in [-0.15, -0.1) is 0 Å². The van der Waals surface area contributed by atoms with E-state index in [1.54, 1.807) is 39.0 Å². The molecule has 1 aromatic carbocycles. The molecule has 0 radical (unpaired) electrons.